The topological polar surface area (TPSA) is 76.1 Å². The van der Waals surface area contributed by atoms with Crippen molar-refractivity contribution in [1.29, 1.82) is 0 Å². The Morgan fingerprint density at radius 3 is 3.05 bits per heavy atom. The van der Waals surface area contributed by atoms with Crippen LogP contribution < -0.4 is 9.64 Å². The van der Waals surface area contributed by atoms with Gasteiger partial charge in [0.15, 0.2) is 6.61 Å². The Labute approximate surface area is 127 Å². The smallest absolute Gasteiger partial charge is 0.308 e. The summed E-state index contributed by atoms with van der Waals surface area (Å²) in [4.78, 5) is 24.7. The number of anilines is 1. The highest BCUT2D eigenvalue weighted by Crippen LogP contribution is 2.34. The molecule has 0 spiro atoms. The number of fused-ring (bicyclic) bond motifs is 1. The molecular weight excluding hydrogens is 298 g/mol. The molecule has 0 saturated heterocycles. The van der Waals surface area contributed by atoms with Gasteiger partial charge in [-0.3, -0.25) is 9.59 Å². The number of aliphatic hydroxyl groups excluding tert-OH is 1. The second-order valence-electron chi connectivity index (χ2n) is 4.57. The van der Waals surface area contributed by atoms with E-state index in [1.165, 1.54) is 4.90 Å². The number of halogens is 1. The van der Waals surface area contributed by atoms with Gasteiger partial charge in [0.25, 0.3) is 5.91 Å². The molecule has 0 saturated carbocycles. The van der Waals surface area contributed by atoms with Gasteiger partial charge in [-0.15, -0.1) is 0 Å². The quantitative estimate of drug-likeness (QED) is 0.831. The molecule has 1 aromatic carbocycles. The Hall–Kier alpha value is -1.79. The Balaban J connectivity index is 2.10. The molecule has 1 atom stereocenters. The van der Waals surface area contributed by atoms with Crippen LogP contribution in [0.5, 0.6) is 5.75 Å². The van der Waals surface area contributed by atoms with E-state index in [9.17, 15) is 14.7 Å². The Kier molecular flexibility index (Phi) is 5.03. The molecule has 0 aliphatic carbocycles. The van der Waals surface area contributed by atoms with E-state index in [1.807, 2.05) is 0 Å². The lowest BCUT2D eigenvalue weighted by molar-refractivity contribution is -0.145. The number of benzene rings is 1. The minimum Gasteiger partial charge on any atom is -0.482 e. The number of esters is 1. The molecule has 7 heteroatoms. The van der Waals surface area contributed by atoms with Crippen molar-refractivity contribution in [3.63, 3.8) is 0 Å². The van der Waals surface area contributed by atoms with E-state index in [2.05, 4.69) is 0 Å². The minimum absolute atomic E-state index is 0.0195. The highest BCUT2D eigenvalue weighted by atomic mass is 35.5. The van der Waals surface area contributed by atoms with Crippen molar-refractivity contribution in [2.75, 3.05) is 24.7 Å². The van der Waals surface area contributed by atoms with Gasteiger partial charge in [0.1, 0.15) is 5.75 Å². The number of ether oxygens (including phenoxy) is 2. The van der Waals surface area contributed by atoms with Gasteiger partial charge in [0.05, 0.1) is 31.4 Å². The van der Waals surface area contributed by atoms with Crippen molar-refractivity contribution in [3.8, 4) is 5.75 Å². The van der Waals surface area contributed by atoms with Crippen LogP contribution in [0.15, 0.2) is 18.2 Å². The zero-order valence-electron chi connectivity index (χ0n) is 11.5. The van der Waals surface area contributed by atoms with E-state index < -0.39 is 12.1 Å². The average Bonchev–Trinajstić information content (AvgIpc) is 2.42. The van der Waals surface area contributed by atoms with Gasteiger partial charge in [0, 0.05) is 5.02 Å². The third-order valence-corrected chi connectivity index (χ3v) is 3.20. The van der Waals surface area contributed by atoms with Crippen molar-refractivity contribution < 1.29 is 24.2 Å². The normalized spacial score (nSPS) is 15.2. The molecule has 1 heterocycles. The Morgan fingerprint density at radius 2 is 2.33 bits per heavy atom. The summed E-state index contributed by atoms with van der Waals surface area (Å²) >= 11 is 5.92. The van der Waals surface area contributed by atoms with Gasteiger partial charge in [-0.25, -0.2) is 0 Å². The number of nitrogens with zero attached hydrogens (tertiary/aromatic N) is 1. The molecule has 1 aliphatic rings. The standard InChI is InChI=1S/C14H16ClNO5/c1-2-20-14(19)6-10(17)7-16-11-5-9(15)3-4-12(11)21-8-13(16)18/h3-5,10,17H,2,6-8H2,1H3. The lowest BCUT2D eigenvalue weighted by atomic mass is 10.2. The predicted octanol–water partition coefficient (Wildman–Crippen LogP) is 1.38. The van der Waals surface area contributed by atoms with Crippen LogP contribution in [0.1, 0.15) is 13.3 Å². The van der Waals surface area contributed by atoms with Gasteiger partial charge >= 0.3 is 5.97 Å². The third kappa shape index (κ3) is 3.86. The van der Waals surface area contributed by atoms with Crippen LogP contribution in [-0.2, 0) is 14.3 Å². The highest BCUT2D eigenvalue weighted by molar-refractivity contribution is 6.31. The van der Waals surface area contributed by atoms with Crippen LogP contribution in [-0.4, -0.2) is 42.8 Å². The summed E-state index contributed by atoms with van der Waals surface area (Å²) in [6.45, 7) is 1.81. The number of carbonyl (C=O) groups excluding carboxylic acids is 2. The van der Waals surface area contributed by atoms with E-state index >= 15 is 0 Å². The summed E-state index contributed by atoms with van der Waals surface area (Å²) in [5, 5.41) is 10.4. The minimum atomic E-state index is -1.02. The van der Waals surface area contributed by atoms with Gasteiger partial charge in [-0.2, -0.15) is 0 Å². The van der Waals surface area contributed by atoms with E-state index in [0.717, 1.165) is 0 Å². The van der Waals surface area contributed by atoms with Crippen LogP contribution >= 0.6 is 11.6 Å². The largest absolute Gasteiger partial charge is 0.482 e. The molecule has 0 fully saturated rings. The van der Waals surface area contributed by atoms with Crippen LogP contribution in [0, 0.1) is 0 Å². The monoisotopic (exact) mass is 313 g/mol. The van der Waals surface area contributed by atoms with Crippen molar-refractivity contribution in [2.24, 2.45) is 0 Å². The van der Waals surface area contributed by atoms with E-state index in [1.54, 1.807) is 25.1 Å². The first-order chi connectivity index (χ1) is 10.0. The summed E-state index contributed by atoms with van der Waals surface area (Å²) in [7, 11) is 0. The molecule has 0 aromatic heterocycles. The molecule has 2 rings (SSSR count). The highest BCUT2D eigenvalue weighted by Gasteiger charge is 2.28. The third-order valence-electron chi connectivity index (χ3n) is 2.96. The number of hydrogen-bond donors (Lipinski definition) is 1. The maximum atomic E-state index is 11.9. The maximum Gasteiger partial charge on any atom is 0.308 e. The molecule has 1 amide bonds. The van der Waals surface area contributed by atoms with Crippen LogP contribution in [0.2, 0.25) is 5.02 Å². The molecular formula is C14H16ClNO5. The first-order valence-corrected chi connectivity index (χ1v) is 6.95. The van der Waals surface area contributed by atoms with Gasteiger partial charge in [-0.1, -0.05) is 11.6 Å². The number of β-amino-alcohol motifs (C(OH)–C–C–N with tert-alkyl or cyclic N) is 1. The van der Waals surface area contributed by atoms with E-state index in [4.69, 9.17) is 21.1 Å². The van der Waals surface area contributed by atoms with Crippen molar-refractivity contribution >= 4 is 29.2 Å². The fraction of sp³-hybridized carbons (Fsp3) is 0.429. The summed E-state index contributed by atoms with van der Waals surface area (Å²) in [5.41, 5.74) is 0.488. The zero-order valence-corrected chi connectivity index (χ0v) is 12.3. The number of carbonyl (C=O) groups is 2. The molecule has 1 N–H and O–H groups in total. The molecule has 1 unspecified atom stereocenters. The molecule has 6 nitrogen and oxygen atoms in total. The Morgan fingerprint density at radius 1 is 1.57 bits per heavy atom. The molecule has 0 bridgehead atoms. The molecule has 114 valence electrons. The van der Waals surface area contributed by atoms with Crippen molar-refractivity contribution in [3.05, 3.63) is 23.2 Å². The lowest BCUT2D eigenvalue weighted by Gasteiger charge is -2.30. The number of amides is 1. The molecule has 1 aliphatic heterocycles. The van der Waals surface area contributed by atoms with Gasteiger partial charge in [0.2, 0.25) is 0 Å². The zero-order chi connectivity index (χ0) is 15.4. The fourth-order valence-corrected chi connectivity index (χ4v) is 2.23. The second kappa shape index (κ2) is 6.78. The number of rotatable bonds is 5. The van der Waals surface area contributed by atoms with E-state index in [0.29, 0.717) is 16.5 Å². The van der Waals surface area contributed by atoms with Gasteiger partial charge in [-0.05, 0) is 25.1 Å². The first kappa shape index (κ1) is 15.6. The van der Waals surface area contributed by atoms with Gasteiger partial charge < -0.3 is 19.5 Å². The second-order valence-corrected chi connectivity index (χ2v) is 5.00. The maximum absolute atomic E-state index is 11.9. The van der Waals surface area contributed by atoms with E-state index in [-0.39, 0.29) is 32.1 Å². The summed E-state index contributed by atoms with van der Waals surface area (Å²) < 4.78 is 10.1. The molecule has 1 aromatic rings. The molecule has 0 radical (unpaired) electrons. The predicted molar refractivity (Wildman–Crippen MR) is 76.6 cm³/mol. The molecule has 21 heavy (non-hydrogen) atoms. The summed E-state index contributed by atoms with van der Waals surface area (Å²) in [6, 6.07) is 4.91. The number of aliphatic hydroxyl groups is 1. The first-order valence-electron chi connectivity index (χ1n) is 6.57. The summed E-state index contributed by atoms with van der Waals surface area (Å²) in [5.74, 6) is -0.285. The van der Waals surface area contributed by atoms with Crippen molar-refractivity contribution in [2.45, 2.75) is 19.4 Å². The van der Waals surface area contributed by atoms with Crippen LogP contribution in [0.4, 0.5) is 5.69 Å². The average molecular weight is 314 g/mol. The van der Waals surface area contributed by atoms with Crippen LogP contribution in [0.3, 0.4) is 0 Å². The summed E-state index contributed by atoms with van der Waals surface area (Å²) in [6.07, 6.45) is -1.19. The fourth-order valence-electron chi connectivity index (χ4n) is 2.06. The Bertz CT molecular complexity index is 548. The van der Waals surface area contributed by atoms with Crippen molar-refractivity contribution in [1.82, 2.24) is 0 Å². The lowest BCUT2D eigenvalue weighted by Crippen LogP contribution is -2.43. The SMILES string of the molecule is CCOC(=O)CC(O)CN1C(=O)COc2ccc(Cl)cc21. The van der Waals surface area contributed by atoms with Crippen LogP contribution in [0.25, 0.3) is 0 Å². The number of hydrogen-bond acceptors (Lipinski definition) is 5.